The number of ether oxygens (including phenoxy) is 4. The van der Waals surface area contributed by atoms with Crippen LogP contribution in [0.2, 0.25) is 0 Å². The standard InChI is InChI=1S/C17H18O4/c1-18-14-6-4-5-7-16(14)21-11-10-13-8-9-15(19-2)17(12-13)20-3/h4-12H,1-3H3/b11-10+. The Morgan fingerprint density at radius 3 is 2.00 bits per heavy atom. The predicted molar refractivity (Wildman–Crippen MR) is 82.2 cm³/mol. The van der Waals surface area contributed by atoms with E-state index in [1.807, 2.05) is 48.5 Å². The van der Waals surface area contributed by atoms with Crippen molar-refractivity contribution in [2.75, 3.05) is 21.3 Å². The van der Waals surface area contributed by atoms with Crippen molar-refractivity contribution in [3.05, 3.63) is 54.3 Å². The van der Waals surface area contributed by atoms with Crippen LogP contribution in [0.1, 0.15) is 5.56 Å². The van der Waals surface area contributed by atoms with Crippen molar-refractivity contribution in [1.29, 1.82) is 0 Å². The summed E-state index contributed by atoms with van der Waals surface area (Å²) in [6.07, 6.45) is 3.45. The first kappa shape index (κ1) is 14.8. The molecule has 0 fully saturated rings. The summed E-state index contributed by atoms with van der Waals surface area (Å²) in [5, 5.41) is 0. The topological polar surface area (TPSA) is 36.9 Å². The fourth-order valence-corrected chi connectivity index (χ4v) is 1.86. The molecule has 2 aromatic carbocycles. The van der Waals surface area contributed by atoms with Gasteiger partial charge in [0.15, 0.2) is 23.0 Å². The lowest BCUT2D eigenvalue weighted by atomic mass is 10.2. The molecule has 21 heavy (non-hydrogen) atoms. The molecule has 0 saturated heterocycles. The monoisotopic (exact) mass is 286 g/mol. The number of benzene rings is 2. The van der Waals surface area contributed by atoms with Crippen molar-refractivity contribution in [1.82, 2.24) is 0 Å². The Balaban J connectivity index is 2.11. The Morgan fingerprint density at radius 1 is 0.714 bits per heavy atom. The van der Waals surface area contributed by atoms with E-state index in [2.05, 4.69) is 0 Å². The molecule has 0 aliphatic carbocycles. The molecule has 4 heteroatoms. The molecular weight excluding hydrogens is 268 g/mol. The van der Waals surface area contributed by atoms with Gasteiger partial charge in [0.2, 0.25) is 0 Å². The molecule has 0 aliphatic rings. The molecule has 4 nitrogen and oxygen atoms in total. The van der Waals surface area contributed by atoms with Gasteiger partial charge in [-0.3, -0.25) is 0 Å². The van der Waals surface area contributed by atoms with Gasteiger partial charge in [0.05, 0.1) is 27.6 Å². The Labute approximate surface area is 124 Å². The number of rotatable bonds is 6. The highest BCUT2D eigenvalue weighted by atomic mass is 16.5. The van der Waals surface area contributed by atoms with Gasteiger partial charge in [0, 0.05) is 0 Å². The first-order valence-electron chi connectivity index (χ1n) is 6.46. The average molecular weight is 286 g/mol. The van der Waals surface area contributed by atoms with Crippen LogP contribution in [-0.2, 0) is 0 Å². The molecule has 0 aromatic heterocycles. The summed E-state index contributed by atoms with van der Waals surface area (Å²) in [5.41, 5.74) is 0.947. The predicted octanol–water partition coefficient (Wildman–Crippen LogP) is 3.76. The van der Waals surface area contributed by atoms with Gasteiger partial charge in [-0.15, -0.1) is 0 Å². The summed E-state index contributed by atoms with van der Waals surface area (Å²) in [7, 11) is 4.83. The molecule has 0 heterocycles. The Morgan fingerprint density at radius 2 is 1.33 bits per heavy atom. The summed E-state index contributed by atoms with van der Waals surface area (Å²) in [4.78, 5) is 0. The maximum Gasteiger partial charge on any atom is 0.168 e. The molecular formula is C17H18O4. The van der Waals surface area contributed by atoms with Gasteiger partial charge in [-0.1, -0.05) is 18.2 Å². The van der Waals surface area contributed by atoms with Crippen LogP contribution < -0.4 is 18.9 Å². The fraction of sp³-hybridized carbons (Fsp3) is 0.176. The summed E-state index contributed by atoms with van der Waals surface area (Å²) in [6.45, 7) is 0. The molecule has 0 unspecified atom stereocenters. The number of hydrogen-bond donors (Lipinski definition) is 0. The molecule has 0 atom stereocenters. The third-order valence-electron chi connectivity index (χ3n) is 2.93. The Hall–Kier alpha value is -2.62. The maximum atomic E-state index is 5.58. The van der Waals surface area contributed by atoms with E-state index < -0.39 is 0 Å². The molecule has 0 N–H and O–H groups in total. The fourth-order valence-electron chi connectivity index (χ4n) is 1.86. The summed E-state index contributed by atoms with van der Waals surface area (Å²) < 4.78 is 21.3. The highest BCUT2D eigenvalue weighted by Gasteiger charge is 2.03. The zero-order chi connectivity index (χ0) is 15.1. The number of hydrogen-bond acceptors (Lipinski definition) is 4. The highest BCUT2D eigenvalue weighted by Crippen LogP contribution is 2.29. The van der Waals surface area contributed by atoms with E-state index in [4.69, 9.17) is 18.9 Å². The largest absolute Gasteiger partial charge is 0.493 e. The van der Waals surface area contributed by atoms with Crippen LogP contribution >= 0.6 is 0 Å². The molecule has 0 spiro atoms. The summed E-state index contributed by atoms with van der Waals surface area (Å²) in [6, 6.07) is 13.1. The number of para-hydroxylation sites is 2. The molecule has 0 saturated carbocycles. The molecule has 0 amide bonds. The van der Waals surface area contributed by atoms with Gasteiger partial charge in [-0.25, -0.2) is 0 Å². The van der Waals surface area contributed by atoms with E-state index in [9.17, 15) is 0 Å². The Bertz CT molecular complexity index is 620. The van der Waals surface area contributed by atoms with E-state index in [1.165, 1.54) is 0 Å². The second-order valence-electron chi connectivity index (χ2n) is 4.19. The highest BCUT2D eigenvalue weighted by molar-refractivity contribution is 5.55. The van der Waals surface area contributed by atoms with Crippen molar-refractivity contribution < 1.29 is 18.9 Å². The van der Waals surface area contributed by atoms with Crippen LogP contribution in [-0.4, -0.2) is 21.3 Å². The van der Waals surface area contributed by atoms with Crippen molar-refractivity contribution in [3.63, 3.8) is 0 Å². The van der Waals surface area contributed by atoms with Crippen LogP contribution in [0.3, 0.4) is 0 Å². The van der Waals surface area contributed by atoms with E-state index in [-0.39, 0.29) is 0 Å². The Kier molecular flexibility index (Phi) is 5.10. The molecule has 0 radical (unpaired) electrons. The van der Waals surface area contributed by atoms with Crippen LogP contribution in [0.15, 0.2) is 48.7 Å². The lowest BCUT2D eigenvalue weighted by Gasteiger charge is -2.08. The zero-order valence-electron chi connectivity index (χ0n) is 12.3. The first-order chi connectivity index (χ1) is 10.3. The minimum Gasteiger partial charge on any atom is -0.493 e. The lowest BCUT2D eigenvalue weighted by Crippen LogP contribution is -1.91. The average Bonchev–Trinajstić information content (AvgIpc) is 2.55. The molecule has 0 aliphatic heterocycles. The molecule has 110 valence electrons. The van der Waals surface area contributed by atoms with Crippen LogP contribution in [0.4, 0.5) is 0 Å². The van der Waals surface area contributed by atoms with Gasteiger partial charge in [0.25, 0.3) is 0 Å². The van der Waals surface area contributed by atoms with Crippen LogP contribution in [0.5, 0.6) is 23.0 Å². The van der Waals surface area contributed by atoms with Gasteiger partial charge in [0.1, 0.15) is 0 Å². The second kappa shape index (κ2) is 7.24. The van der Waals surface area contributed by atoms with Crippen LogP contribution in [0, 0.1) is 0 Å². The van der Waals surface area contributed by atoms with Gasteiger partial charge < -0.3 is 18.9 Å². The minimum atomic E-state index is 0.664. The lowest BCUT2D eigenvalue weighted by molar-refractivity contribution is 0.355. The van der Waals surface area contributed by atoms with Crippen molar-refractivity contribution in [2.24, 2.45) is 0 Å². The number of methoxy groups -OCH3 is 3. The third kappa shape index (κ3) is 3.69. The normalized spacial score (nSPS) is 10.4. The van der Waals surface area contributed by atoms with Gasteiger partial charge >= 0.3 is 0 Å². The summed E-state index contributed by atoms with van der Waals surface area (Å²) in [5.74, 6) is 2.73. The SMILES string of the molecule is COc1ccc(/C=C/Oc2ccccc2OC)cc1OC. The smallest absolute Gasteiger partial charge is 0.168 e. The third-order valence-corrected chi connectivity index (χ3v) is 2.93. The van der Waals surface area contributed by atoms with Crippen molar-refractivity contribution in [2.45, 2.75) is 0 Å². The van der Waals surface area contributed by atoms with Crippen molar-refractivity contribution >= 4 is 6.08 Å². The van der Waals surface area contributed by atoms with E-state index in [0.29, 0.717) is 23.0 Å². The van der Waals surface area contributed by atoms with Gasteiger partial charge in [-0.2, -0.15) is 0 Å². The second-order valence-corrected chi connectivity index (χ2v) is 4.19. The maximum absolute atomic E-state index is 5.58. The zero-order valence-corrected chi connectivity index (χ0v) is 12.3. The van der Waals surface area contributed by atoms with E-state index in [0.717, 1.165) is 5.56 Å². The van der Waals surface area contributed by atoms with E-state index >= 15 is 0 Å². The molecule has 0 bridgehead atoms. The minimum absolute atomic E-state index is 0.664. The quantitative estimate of drug-likeness (QED) is 0.758. The van der Waals surface area contributed by atoms with Crippen LogP contribution in [0.25, 0.3) is 6.08 Å². The molecule has 2 rings (SSSR count). The summed E-state index contributed by atoms with van der Waals surface area (Å²) >= 11 is 0. The first-order valence-corrected chi connectivity index (χ1v) is 6.46. The molecule has 2 aromatic rings. The van der Waals surface area contributed by atoms with Crippen molar-refractivity contribution in [3.8, 4) is 23.0 Å². The van der Waals surface area contributed by atoms with Gasteiger partial charge in [-0.05, 0) is 35.9 Å². The van der Waals surface area contributed by atoms with E-state index in [1.54, 1.807) is 27.6 Å².